The highest BCUT2D eigenvalue weighted by atomic mass is 32.2. The lowest BCUT2D eigenvalue weighted by atomic mass is 10.1. The first-order valence-electron chi connectivity index (χ1n) is 7.37. The molecule has 0 bridgehead atoms. The molecule has 0 atom stereocenters. The van der Waals surface area contributed by atoms with Crippen molar-refractivity contribution in [2.75, 3.05) is 13.3 Å². The molecule has 0 aliphatic heterocycles. The van der Waals surface area contributed by atoms with Gasteiger partial charge < -0.3 is 0 Å². The van der Waals surface area contributed by atoms with Gasteiger partial charge in [0.15, 0.2) is 0 Å². The van der Waals surface area contributed by atoms with Crippen LogP contribution in [0.25, 0.3) is 0 Å². The van der Waals surface area contributed by atoms with Crippen molar-refractivity contribution in [1.82, 2.24) is 8.61 Å². The highest BCUT2D eigenvalue weighted by Gasteiger charge is 2.24. The summed E-state index contributed by atoms with van der Waals surface area (Å²) in [5.74, 6) is -0.168. The fourth-order valence-corrected chi connectivity index (χ4v) is 2.40. The predicted molar refractivity (Wildman–Crippen MR) is 101 cm³/mol. The van der Waals surface area contributed by atoms with Gasteiger partial charge in [0, 0.05) is 18.7 Å². The number of carbonyl (C=O) groups is 2. The molecular formula is C16H23N3O3S2. The van der Waals surface area contributed by atoms with Gasteiger partial charge in [-0.3, -0.25) is 13.9 Å². The van der Waals surface area contributed by atoms with Crippen LogP contribution in [0.1, 0.15) is 36.7 Å². The largest absolute Gasteiger partial charge is 0.447 e. The minimum atomic E-state index is -0.643. The minimum absolute atomic E-state index is 0.101. The molecule has 0 unspecified atom stereocenters. The summed E-state index contributed by atoms with van der Waals surface area (Å²) in [6, 6.07) is 7.22. The Bertz CT molecular complexity index is 603. The minimum Gasteiger partial charge on any atom is -0.296 e. The van der Waals surface area contributed by atoms with Gasteiger partial charge in [0.2, 0.25) is 0 Å². The van der Waals surface area contributed by atoms with Gasteiger partial charge in [-0.25, -0.2) is 9.10 Å². The molecule has 24 heavy (non-hydrogen) atoms. The lowest BCUT2D eigenvalue weighted by molar-refractivity contribution is 0.0843. The van der Waals surface area contributed by atoms with Crippen molar-refractivity contribution in [2.24, 2.45) is 5.16 Å². The fourth-order valence-electron chi connectivity index (χ4n) is 1.55. The van der Waals surface area contributed by atoms with Gasteiger partial charge in [-0.05, 0) is 46.1 Å². The number of amides is 2. The van der Waals surface area contributed by atoms with Gasteiger partial charge in [-0.1, -0.05) is 22.9 Å². The molecule has 0 spiro atoms. The van der Waals surface area contributed by atoms with Crippen molar-refractivity contribution in [1.29, 1.82) is 0 Å². The molecule has 0 aliphatic rings. The molecule has 0 fully saturated rings. The Morgan fingerprint density at radius 2 is 1.79 bits per heavy atom. The van der Waals surface area contributed by atoms with Crippen LogP contribution in [-0.4, -0.2) is 45.0 Å². The lowest BCUT2D eigenvalue weighted by Gasteiger charge is -2.28. The van der Waals surface area contributed by atoms with Crippen molar-refractivity contribution in [2.45, 2.75) is 33.7 Å². The first-order valence-corrected chi connectivity index (χ1v) is 9.33. The number of hydrogen-bond acceptors (Lipinski definition) is 6. The SMILES string of the molecule is CS/C(C)=N/OC(=O)N(C)SN(C(=O)c1ccc(C)cc1)C(C)C. The zero-order chi connectivity index (χ0) is 18.3. The molecule has 132 valence electrons. The summed E-state index contributed by atoms with van der Waals surface area (Å²) in [4.78, 5) is 29.5. The summed E-state index contributed by atoms with van der Waals surface area (Å²) in [5, 5.41) is 4.34. The molecule has 0 aliphatic carbocycles. The maximum atomic E-state index is 12.7. The monoisotopic (exact) mass is 369 g/mol. The molecule has 0 saturated carbocycles. The molecule has 1 aromatic carbocycles. The number of benzene rings is 1. The van der Waals surface area contributed by atoms with Gasteiger partial charge in [0.25, 0.3) is 5.91 Å². The smallest absolute Gasteiger partial charge is 0.296 e. The van der Waals surface area contributed by atoms with E-state index in [1.165, 1.54) is 27.4 Å². The fraction of sp³-hybridized carbons (Fsp3) is 0.438. The predicted octanol–water partition coefficient (Wildman–Crippen LogP) is 4.17. The molecule has 1 aromatic rings. The van der Waals surface area contributed by atoms with E-state index in [1.54, 1.807) is 19.1 Å². The summed E-state index contributed by atoms with van der Waals surface area (Å²) in [5.41, 5.74) is 1.65. The molecule has 1 rings (SSSR count). The van der Waals surface area contributed by atoms with Gasteiger partial charge in [0.05, 0.1) is 12.1 Å². The Hall–Kier alpha value is -1.67. The van der Waals surface area contributed by atoms with Gasteiger partial charge in [-0.2, -0.15) is 0 Å². The van der Waals surface area contributed by atoms with Crippen molar-refractivity contribution in [3.63, 3.8) is 0 Å². The quantitative estimate of drug-likeness (QED) is 0.256. The topological polar surface area (TPSA) is 62.2 Å². The third-order valence-corrected chi connectivity index (χ3v) is 4.81. The Morgan fingerprint density at radius 3 is 2.29 bits per heavy atom. The number of carbonyl (C=O) groups excluding carboxylic acids is 2. The third-order valence-electron chi connectivity index (χ3n) is 2.98. The Kier molecular flexibility index (Phi) is 8.14. The number of hydrogen-bond donors (Lipinski definition) is 0. The van der Waals surface area contributed by atoms with E-state index in [0.29, 0.717) is 10.6 Å². The van der Waals surface area contributed by atoms with Crippen molar-refractivity contribution >= 4 is 40.9 Å². The second-order valence-corrected chi connectivity index (χ2v) is 7.44. The second-order valence-electron chi connectivity index (χ2n) is 5.34. The molecule has 8 heteroatoms. The van der Waals surface area contributed by atoms with E-state index in [0.717, 1.165) is 17.7 Å². The molecular weight excluding hydrogens is 346 g/mol. The highest BCUT2D eigenvalue weighted by Crippen LogP contribution is 2.22. The van der Waals surface area contributed by atoms with Crippen LogP contribution >= 0.6 is 23.9 Å². The van der Waals surface area contributed by atoms with E-state index >= 15 is 0 Å². The molecule has 0 radical (unpaired) electrons. The molecule has 0 aromatic heterocycles. The average molecular weight is 370 g/mol. The van der Waals surface area contributed by atoms with Crippen LogP contribution in [0.2, 0.25) is 0 Å². The summed E-state index contributed by atoms with van der Waals surface area (Å²) < 4.78 is 2.76. The number of oxime groups is 1. The normalized spacial score (nSPS) is 11.4. The van der Waals surface area contributed by atoms with Crippen LogP contribution in [0.3, 0.4) is 0 Å². The van der Waals surface area contributed by atoms with Gasteiger partial charge in [0.1, 0.15) is 5.04 Å². The molecule has 0 saturated heterocycles. The zero-order valence-corrected chi connectivity index (χ0v) is 16.4. The lowest BCUT2D eigenvalue weighted by Crippen LogP contribution is -2.36. The highest BCUT2D eigenvalue weighted by molar-refractivity contribution is 8.13. The Balaban J connectivity index is 2.80. The van der Waals surface area contributed by atoms with Crippen LogP contribution in [0.4, 0.5) is 4.79 Å². The number of rotatable bonds is 5. The van der Waals surface area contributed by atoms with E-state index in [9.17, 15) is 9.59 Å². The van der Waals surface area contributed by atoms with E-state index < -0.39 is 6.09 Å². The molecule has 0 heterocycles. The van der Waals surface area contributed by atoms with Crippen LogP contribution in [-0.2, 0) is 4.84 Å². The first-order chi connectivity index (χ1) is 11.3. The second kappa shape index (κ2) is 9.58. The molecule has 2 amide bonds. The van der Waals surface area contributed by atoms with Crippen LogP contribution in [0, 0.1) is 6.92 Å². The van der Waals surface area contributed by atoms with Gasteiger partial charge >= 0.3 is 6.09 Å². The van der Waals surface area contributed by atoms with Gasteiger partial charge in [-0.15, -0.1) is 11.8 Å². The summed E-state index contributed by atoms with van der Waals surface area (Å²) in [6.07, 6.45) is 1.20. The Morgan fingerprint density at radius 1 is 1.21 bits per heavy atom. The zero-order valence-electron chi connectivity index (χ0n) is 14.8. The maximum Gasteiger partial charge on any atom is 0.447 e. The summed E-state index contributed by atoms with van der Waals surface area (Å²) >= 11 is 2.38. The van der Waals surface area contributed by atoms with Crippen molar-refractivity contribution in [3.05, 3.63) is 35.4 Å². The summed E-state index contributed by atoms with van der Waals surface area (Å²) in [7, 11) is 1.54. The number of aryl methyl sites for hydroxylation is 1. The van der Waals surface area contributed by atoms with Crippen molar-refractivity contribution < 1.29 is 14.4 Å². The average Bonchev–Trinajstić information content (AvgIpc) is 2.56. The van der Waals surface area contributed by atoms with Crippen LogP contribution in [0.5, 0.6) is 0 Å². The number of thioether (sulfide) groups is 1. The first kappa shape index (κ1) is 20.4. The number of nitrogens with zero attached hydrogens (tertiary/aromatic N) is 3. The van der Waals surface area contributed by atoms with Crippen LogP contribution in [0.15, 0.2) is 29.4 Å². The van der Waals surface area contributed by atoms with Crippen molar-refractivity contribution in [3.8, 4) is 0 Å². The van der Waals surface area contributed by atoms with E-state index in [2.05, 4.69) is 5.16 Å². The van der Waals surface area contributed by atoms with Crippen LogP contribution < -0.4 is 0 Å². The standard InChI is InChI=1S/C16H23N3O3S2/c1-11(2)19(15(20)14-9-7-12(3)8-10-14)24-18(5)16(21)22-17-13(4)23-6/h7-11H,1-6H3/b17-13+. The maximum absolute atomic E-state index is 12.7. The van der Waals surface area contributed by atoms with E-state index in [4.69, 9.17) is 4.84 Å². The molecule has 6 nitrogen and oxygen atoms in total. The van der Waals surface area contributed by atoms with E-state index in [-0.39, 0.29) is 11.9 Å². The Labute approximate surface area is 151 Å². The van der Waals surface area contributed by atoms with E-state index in [1.807, 2.05) is 39.2 Å². The molecule has 0 N–H and O–H groups in total. The third kappa shape index (κ3) is 6.09. The summed E-state index contributed by atoms with van der Waals surface area (Å²) in [6.45, 7) is 7.47.